The van der Waals surface area contributed by atoms with Crippen molar-refractivity contribution in [3.8, 4) is 5.69 Å². The van der Waals surface area contributed by atoms with Gasteiger partial charge < -0.3 is 5.32 Å². The molecule has 0 saturated heterocycles. The summed E-state index contributed by atoms with van der Waals surface area (Å²) in [5, 5.41) is 17.9. The first-order chi connectivity index (χ1) is 14.1. The molecule has 1 unspecified atom stereocenters. The van der Waals surface area contributed by atoms with Crippen LogP contribution < -0.4 is 5.32 Å². The molecule has 0 bridgehead atoms. The summed E-state index contributed by atoms with van der Waals surface area (Å²) in [6.07, 6.45) is 0. The molecule has 0 aliphatic carbocycles. The number of carbonyl (C=O) groups is 1. The number of aryl methyl sites for hydroxylation is 1. The van der Waals surface area contributed by atoms with Crippen molar-refractivity contribution in [1.82, 2.24) is 25.5 Å². The fraction of sp³-hybridized carbons (Fsp3) is 0.182. The second-order valence-corrected chi connectivity index (χ2v) is 7.80. The largest absolute Gasteiger partial charge is 0.349 e. The van der Waals surface area contributed by atoms with Gasteiger partial charge in [-0.2, -0.15) is 4.68 Å². The Morgan fingerprint density at radius 3 is 2.76 bits per heavy atom. The van der Waals surface area contributed by atoms with Crippen LogP contribution in [-0.2, 0) is 4.79 Å². The van der Waals surface area contributed by atoms with Crippen LogP contribution in [0.15, 0.2) is 71.9 Å². The number of tetrazole rings is 1. The SMILES string of the molecule is Cc1cccc(-n2nnnc2SCC(=O)NC(C)c2cccc3ccccc23)c1. The molecule has 0 fully saturated rings. The Labute approximate surface area is 173 Å². The molecule has 1 heterocycles. The van der Waals surface area contributed by atoms with Gasteiger partial charge in [-0.05, 0) is 58.3 Å². The molecule has 6 nitrogen and oxygen atoms in total. The maximum atomic E-state index is 12.6. The lowest BCUT2D eigenvalue weighted by Gasteiger charge is -2.16. The summed E-state index contributed by atoms with van der Waals surface area (Å²) in [5.41, 5.74) is 3.10. The van der Waals surface area contributed by atoms with Gasteiger partial charge in [-0.1, -0.05) is 66.4 Å². The average Bonchev–Trinajstić information content (AvgIpc) is 3.20. The third kappa shape index (κ3) is 4.30. The summed E-state index contributed by atoms with van der Waals surface area (Å²) in [5.74, 6) is 0.176. The number of amides is 1. The van der Waals surface area contributed by atoms with E-state index < -0.39 is 0 Å². The zero-order valence-corrected chi connectivity index (χ0v) is 17.1. The van der Waals surface area contributed by atoms with Gasteiger partial charge in [0, 0.05) is 0 Å². The minimum Gasteiger partial charge on any atom is -0.349 e. The van der Waals surface area contributed by atoms with Crippen LogP contribution in [0.5, 0.6) is 0 Å². The molecule has 0 aliphatic rings. The van der Waals surface area contributed by atoms with Gasteiger partial charge in [0.2, 0.25) is 11.1 Å². The fourth-order valence-corrected chi connectivity index (χ4v) is 4.01. The Bertz CT molecular complexity index is 1150. The predicted octanol–water partition coefficient (Wildman–Crippen LogP) is 4.09. The average molecular weight is 404 g/mol. The lowest BCUT2D eigenvalue weighted by molar-refractivity contribution is -0.119. The molecule has 29 heavy (non-hydrogen) atoms. The number of thioether (sulfide) groups is 1. The highest BCUT2D eigenvalue weighted by Crippen LogP contribution is 2.24. The normalized spacial score (nSPS) is 12.1. The molecule has 4 aromatic rings. The number of hydrogen-bond donors (Lipinski definition) is 1. The molecule has 1 aromatic heterocycles. The molecule has 0 aliphatic heterocycles. The predicted molar refractivity (Wildman–Crippen MR) is 115 cm³/mol. The molecule has 7 heteroatoms. The molecule has 1 amide bonds. The molecule has 0 spiro atoms. The third-order valence-corrected chi connectivity index (χ3v) is 5.61. The molecule has 1 atom stereocenters. The van der Waals surface area contributed by atoms with Crippen molar-refractivity contribution in [1.29, 1.82) is 0 Å². The van der Waals surface area contributed by atoms with Crippen molar-refractivity contribution in [2.45, 2.75) is 25.0 Å². The van der Waals surface area contributed by atoms with Crippen molar-refractivity contribution in [3.63, 3.8) is 0 Å². The number of nitrogens with zero attached hydrogens (tertiary/aromatic N) is 4. The van der Waals surface area contributed by atoms with Gasteiger partial charge in [0.1, 0.15) is 0 Å². The number of nitrogens with one attached hydrogen (secondary N) is 1. The van der Waals surface area contributed by atoms with E-state index in [-0.39, 0.29) is 17.7 Å². The van der Waals surface area contributed by atoms with Gasteiger partial charge >= 0.3 is 0 Å². The van der Waals surface area contributed by atoms with E-state index in [0.29, 0.717) is 5.16 Å². The first-order valence-electron chi connectivity index (χ1n) is 9.37. The van der Waals surface area contributed by atoms with Crippen LogP contribution in [0.25, 0.3) is 16.5 Å². The summed E-state index contributed by atoms with van der Waals surface area (Å²) < 4.78 is 1.65. The summed E-state index contributed by atoms with van der Waals surface area (Å²) >= 11 is 1.32. The van der Waals surface area contributed by atoms with Gasteiger partial charge in [0.05, 0.1) is 17.5 Å². The van der Waals surface area contributed by atoms with E-state index in [0.717, 1.165) is 27.6 Å². The van der Waals surface area contributed by atoms with E-state index in [2.05, 4.69) is 45.1 Å². The van der Waals surface area contributed by atoms with Crippen molar-refractivity contribution in [3.05, 3.63) is 77.9 Å². The van der Waals surface area contributed by atoms with Crippen LogP contribution in [0.1, 0.15) is 24.1 Å². The minimum atomic E-state index is -0.0954. The molecule has 4 rings (SSSR count). The van der Waals surface area contributed by atoms with E-state index >= 15 is 0 Å². The van der Waals surface area contributed by atoms with Crippen LogP contribution in [0.4, 0.5) is 0 Å². The zero-order chi connectivity index (χ0) is 20.2. The highest BCUT2D eigenvalue weighted by molar-refractivity contribution is 7.99. The van der Waals surface area contributed by atoms with E-state index in [1.54, 1.807) is 4.68 Å². The Morgan fingerprint density at radius 1 is 1.10 bits per heavy atom. The monoisotopic (exact) mass is 403 g/mol. The zero-order valence-electron chi connectivity index (χ0n) is 16.2. The van der Waals surface area contributed by atoms with Gasteiger partial charge in [-0.3, -0.25) is 4.79 Å². The van der Waals surface area contributed by atoms with Gasteiger partial charge in [-0.15, -0.1) is 5.10 Å². The van der Waals surface area contributed by atoms with Crippen molar-refractivity contribution < 1.29 is 4.79 Å². The Balaban J connectivity index is 1.43. The van der Waals surface area contributed by atoms with Crippen LogP contribution in [-0.4, -0.2) is 31.9 Å². The minimum absolute atomic E-state index is 0.0609. The van der Waals surface area contributed by atoms with Crippen LogP contribution in [0, 0.1) is 6.92 Å². The molecular weight excluding hydrogens is 382 g/mol. The maximum absolute atomic E-state index is 12.6. The highest BCUT2D eigenvalue weighted by Gasteiger charge is 2.15. The van der Waals surface area contributed by atoms with E-state index in [1.807, 2.05) is 56.3 Å². The van der Waals surface area contributed by atoms with Gasteiger partial charge in [0.15, 0.2) is 0 Å². The standard InChI is InChI=1S/C22H21N5OS/c1-15-7-5-10-18(13-15)27-22(24-25-26-27)29-14-21(28)23-16(2)19-12-6-9-17-8-3-4-11-20(17)19/h3-13,16H,14H2,1-2H3,(H,23,28). The molecule has 3 aromatic carbocycles. The van der Waals surface area contributed by atoms with Crippen LogP contribution in [0.3, 0.4) is 0 Å². The maximum Gasteiger partial charge on any atom is 0.230 e. The first kappa shape index (κ1) is 19.1. The van der Waals surface area contributed by atoms with Crippen LogP contribution >= 0.6 is 11.8 Å². The van der Waals surface area contributed by atoms with E-state index in [1.165, 1.54) is 11.8 Å². The number of benzene rings is 3. The Hall–Kier alpha value is -3.19. The number of aromatic nitrogens is 4. The summed E-state index contributed by atoms with van der Waals surface area (Å²) in [4.78, 5) is 12.6. The van der Waals surface area contributed by atoms with Gasteiger partial charge in [-0.25, -0.2) is 0 Å². The second-order valence-electron chi connectivity index (χ2n) is 6.86. The first-order valence-corrected chi connectivity index (χ1v) is 10.4. The van der Waals surface area contributed by atoms with Crippen LogP contribution in [0.2, 0.25) is 0 Å². The summed E-state index contributed by atoms with van der Waals surface area (Å²) in [6.45, 7) is 4.02. The topological polar surface area (TPSA) is 72.7 Å². The van der Waals surface area contributed by atoms with Gasteiger partial charge in [0.25, 0.3) is 0 Å². The summed E-state index contributed by atoms with van der Waals surface area (Å²) in [7, 11) is 0. The molecule has 0 radical (unpaired) electrons. The quantitative estimate of drug-likeness (QED) is 0.491. The number of fused-ring (bicyclic) bond motifs is 1. The number of rotatable bonds is 6. The van der Waals surface area contributed by atoms with Crippen molar-refractivity contribution in [2.75, 3.05) is 5.75 Å². The third-order valence-electron chi connectivity index (χ3n) is 4.69. The second kappa shape index (κ2) is 8.45. The Kier molecular flexibility index (Phi) is 5.57. The Morgan fingerprint density at radius 2 is 1.90 bits per heavy atom. The molecule has 1 N–H and O–H groups in total. The highest BCUT2D eigenvalue weighted by atomic mass is 32.2. The summed E-state index contributed by atoms with van der Waals surface area (Å²) in [6, 6.07) is 22.2. The van der Waals surface area contributed by atoms with Crippen molar-refractivity contribution >= 4 is 28.4 Å². The smallest absolute Gasteiger partial charge is 0.230 e. The van der Waals surface area contributed by atoms with Crippen molar-refractivity contribution in [2.24, 2.45) is 0 Å². The molecule has 0 saturated carbocycles. The molecular formula is C22H21N5OS. The lowest BCUT2D eigenvalue weighted by atomic mass is 10.00. The van der Waals surface area contributed by atoms with E-state index in [4.69, 9.17) is 0 Å². The lowest BCUT2D eigenvalue weighted by Crippen LogP contribution is -2.28. The number of hydrogen-bond acceptors (Lipinski definition) is 5. The number of carbonyl (C=O) groups excluding carboxylic acids is 1. The molecule has 146 valence electrons. The fourth-order valence-electron chi connectivity index (χ4n) is 3.31. The van der Waals surface area contributed by atoms with E-state index in [9.17, 15) is 4.79 Å².